The summed E-state index contributed by atoms with van der Waals surface area (Å²) in [5.74, 6) is 2.49. The molecule has 0 aromatic carbocycles. The quantitative estimate of drug-likeness (QED) is 0.876. The molecular formula is C13H19BrN6. The maximum atomic E-state index is 4.54. The van der Waals surface area contributed by atoms with Crippen molar-refractivity contribution in [3.8, 4) is 0 Å². The van der Waals surface area contributed by atoms with Crippen molar-refractivity contribution < 1.29 is 0 Å². The van der Waals surface area contributed by atoms with Gasteiger partial charge in [-0.1, -0.05) is 6.92 Å². The Labute approximate surface area is 127 Å². The number of nitrogens with one attached hydrogen (secondary N) is 1. The molecular weight excluding hydrogens is 320 g/mol. The van der Waals surface area contributed by atoms with Gasteiger partial charge in [-0.05, 0) is 22.4 Å². The zero-order valence-corrected chi connectivity index (χ0v) is 13.6. The van der Waals surface area contributed by atoms with Crippen LogP contribution in [-0.4, -0.2) is 33.1 Å². The lowest BCUT2D eigenvalue weighted by Gasteiger charge is -2.19. The first kappa shape index (κ1) is 14.8. The van der Waals surface area contributed by atoms with E-state index in [1.165, 1.54) is 0 Å². The highest BCUT2D eigenvalue weighted by Gasteiger charge is 2.12. The lowest BCUT2D eigenvalue weighted by atomic mass is 10.4. The Balaban J connectivity index is 2.15. The van der Waals surface area contributed by atoms with E-state index in [0.29, 0.717) is 12.5 Å². The van der Waals surface area contributed by atoms with Gasteiger partial charge in [0.25, 0.3) is 0 Å². The van der Waals surface area contributed by atoms with Crippen LogP contribution >= 0.6 is 15.9 Å². The minimum Gasteiger partial charge on any atom is -0.354 e. The topological polar surface area (TPSA) is 58.9 Å². The first-order valence-corrected chi connectivity index (χ1v) is 7.35. The van der Waals surface area contributed by atoms with Crippen LogP contribution in [0.5, 0.6) is 0 Å². The van der Waals surface area contributed by atoms with Crippen LogP contribution < -0.4 is 10.2 Å². The van der Waals surface area contributed by atoms with Crippen LogP contribution in [0.1, 0.15) is 19.2 Å². The predicted molar refractivity (Wildman–Crippen MR) is 83.8 cm³/mol. The summed E-state index contributed by atoms with van der Waals surface area (Å²) in [5.41, 5.74) is 0. The van der Waals surface area contributed by atoms with Crippen LogP contribution in [-0.2, 0) is 13.6 Å². The third-order valence-electron chi connectivity index (χ3n) is 2.92. The molecule has 7 heteroatoms. The van der Waals surface area contributed by atoms with E-state index >= 15 is 0 Å². The van der Waals surface area contributed by atoms with Crippen LogP contribution in [0, 0.1) is 0 Å². The van der Waals surface area contributed by atoms with Crippen molar-refractivity contribution in [2.24, 2.45) is 7.05 Å². The summed E-state index contributed by atoms with van der Waals surface area (Å²) in [4.78, 5) is 15.2. The van der Waals surface area contributed by atoms with E-state index in [1.807, 2.05) is 29.8 Å². The van der Waals surface area contributed by atoms with Crippen molar-refractivity contribution in [3.63, 3.8) is 0 Å². The Morgan fingerprint density at radius 1 is 1.40 bits per heavy atom. The number of anilines is 2. The van der Waals surface area contributed by atoms with Crippen LogP contribution in [0.25, 0.3) is 0 Å². The molecule has 0 aliphatic heterocycles. The third kappa shape index (κ3) is 3.47. The third-order valence-corrected chi connectivity index (χ3v) is 3.48. The highest BCUT2D eigenvalue weighted by atomic mass is 79.9. The summed E-state index contributed by atoms with van der Waals surface area (Å²) in [5, 5.41) is 3.20. The molecule has 1 N–H and O–H groups in total. The Kier molecular flexibility index (Phi) is 4.94. The molecule has 0 bridgehead atoms. The second-order valence-corrected chi connectivity index (χ2v) is 5.46. The number of imidazole rings is 1. The summed E-state index contributed by atoms with van der Waals surface area (Å²) < 4.78 is 2.87. The van der Waals surface area contributed by atoms with E-state index < -0.39 is 0 Å². The van der Waals surface area contributed by atoms with E-state index in [2.05, 4.69) is 43.1 Å². The van der Waals surface area contributed by atoms with Crippen molar-refractivity contribution in [2.75, 3.05) is 23.8 Å². The predicted octanol–water partition coefficient (Wildman–Crippen LogP) is 2.43. The minimum atomic E-state index is 0.650. The fourth-order valence-corrected chi connectivity index (χ4v) is 2.28. The fraction of sp³-hybridized carbons (Fsp3) is 0.462. The Bertz CT molecular complexity index is 568. The normalized spacial score (nSPS) is 10.6. The molecule has 0 radical (unpaired) electrons. The fourth-order valence-electron chi connectivity index (χ4n) is 1.78. The first-order chi connectivity index (χ1) is 9.61. The van der Waals surface area contributed by atoms with Gasteiger partial charge in [-0.2, -0.15) is 4.98 Å². The molecule has 2 aromatic rings. The maximum absolute atomic E-state index is 4.54. The number of aryl methyl sites for hydroxylation is 1. The summed E-state index contributed by atoms with van der Waals surface area (Å²) in [6.45, 7) is 3.66. The molecule has 0 atom stereocenters. The highest BCUT2D eigenvalue weighted by molar-refractivity contribution is 9.10. The molecule has 2 rings (SSSR count). The molecule has 2 heterocycles. The molecule has 2 aromatic heterocycles. The Morgan fingerprint density at radius 2 is 2.20 bits per heavy atom. The van der Waals surface area contributed by atoms with E-state index in [9.17, 15) is 0 Å². The molecule has 0 saturated heterocycles. The van der Waals surface area contributed by atoms with Crippen LogP contribution in [0.3, 0.4) is 0 Å². The van der Waals surface area contributed by atoms with E-state index in [-0.39, 0.29) is 0 Å². The molecule has 6 nitrogen and oxygen atoms in total. The number of nitrogens with zero attached hydrogens (tertiary/aromatic N) is 5. The van der Waals surface area contributed by atoms with E-state index in [0.717, 1.165) is 29.1 Å². The monoisotopic (exact) mass is 338 g/mol. The van der Waals surface area contributed by atoms with Crippen molar-refractivity contribution in [2.45, 2.75) is 19.9 Å². The second-order valence-electron chi connectivity index (χ2n) is 4.60. The van der Waals surface area contributed by atoms with Crippen LogP contribution in [0.2, 0.25) is 0 Å². The van der Waals surface area contributed by atoms with Crippen molar-refractivity contribution in [1.29, 1.82) is 0 Å². The zero-order chi connectivity index (χ0) is 14.5. The number of hydrogen-bond acceptors (Lipinski definition) is 5. The highest BCUT2D eigenvalue weighted by Crippen LogP contribution is 2.24. The number of halogens is 1. The molecule has 0 unspecified atom stereocenters. The van der Waals surface area contributed by atoms with Gasteiger partial charge in [0.05, 0.1) is 11.0 Å². The molecule has 0 amide bonds. The minimum absolute atomic E-state index is 0.650. The van der Waals surface area contributed by atoms with Crippen LogP contribution in [0.4, 0.5) is 11.8 Å². The first-order valence-electron chi connectivity index (χ1n) is 6.55. The zero-order valence-electron chi connectivity index (χ0n) is 12.0. The standard InChI is InChI=1S/C13H19BrN6/c1-4-5-16-13-17-8-10(14)12(18-13)20(3)9-11-15-6-7-19(11)2/h6-8H,4-5,9H2,1-3H3,(H,16,17,18). The van der Waals surface area contributed by atoms with Gasteiger partial charge in [0.15, 0.2) is 0 Å². The van der Waals surface area contributed by atoms with Gasteiger partial charge in [0.2, 0.25) is 5.95 Å². The molecule has 108 valence electrons. The molecule has 0 aliphatic rings. The van der Waals surface area contributed by atoms with E-state index in [1.54, 1.807) is 12.4 Å². The SMILES string of the molecule is CCCNc1ncc(Br)c(N(C)Cc2nccn2C)n1. The Hall–Kier alpha value is -1.63. The lowest BCUT2D eigenvalue weighted by Crippen LogP contribution is -2.21. The number of aromatic nitrogens is 4. The van der Waals surface area contributed by atoms with Gasteiger partial charge >= 0.3 is 0 Å². The molecule has 0 spiro atoms. The van der Waals surface area contributed by atoms with Gasteiger partial charge in [-0.25, -0.2) is 9.97 Å². The largest absolute Gasteiger partial charge is 0.354 e. The van der Waals surface area contributed by atoms with Crippen molar-refractivity contribution in [1.82, 2.24) is 19.5 Å². The lowest BCUT2D eigenvalue weighted by molar-refractivity contribution is 0.753. The van der Waals surface area contributed by atoms with Gasteiger partial charge in [0.1, 0.15) is 11.6 Å². The van der Waals surface area contributed by atoms with Crippen molar-refractivity contribution in [3.05, 3.63) is 28.9 Å². The maximum Gasteiger partial charge on any atom is 0.224 e. The van der Waals surface area contributed by atoms with Crippen molar-refractivity contribution >= 4 is 27.7 Å². The molecule has 0 saturated carbocycles. The summed E-state index contributed by atoms with van der Waals surface area (Å²) >= 11 is 3.50. The summed E-state index contributed by atoms with van der Waals surface area (Å²) in [6, 6.07) is 0. The number of rotatable bonds is 6. The van der Waals surface area contributed by atoms with Gasteiger partial charge in [-0.3, -0.25) is 0 Å². The van der Waals surface area contributed by atoms with Gasteiger partial charge < -0.3 is 14.8 Å². The molecule has 0 fully saturated rings. The number of hydrogen-bond donors (Lipinski definition) is 1. The summed E-state index contributed by atoms with van der Waals surface area (Å²) in [6.07, 6.45) is 6.55. The second kappa shape index (κ2) is 6.69. The Morgan fingerprint density at radius 3 is 2.85 bits per heavy atom. The average Bonchev–Trinajstić information content (AvgIpc) is 2.83. The molecule has 20 heavy (non-hydrogen) atoms. The van der Waals surface area contributed by atoms with Gasteiger partial charge in [0, 0.05) is 39.2 Å². The summed E-state index contributed by atoms with van der Waals surface area (Å²) in [7, 11) is 3.98. The molecule has 0 aliphatic carbocycles. The van der Waals surface area contributed by atoms with E-state index in [4.69, 9.17) is 0 Å². The smallest absolute Gasteiger partial charge is 0.224 e. The average molecular weight is 339 g/mol. The van der Waals surface area contributed by atoms with Gasteiger partial charge in [-0.15, -0.1) is 0 Å². The van der Waals surface area contributed by atoms with Crippen LogP contribution in [0.15, 0.2) is 23.1 Å².